The van der Waals surface area contributed by atoms with Gasteiger partial charge in [0.25, 0.3) is 0 Å². The van der Waals surface area contributed by atoms with Crippen LogP contribution in [0.4, 0.5) is 17.1 Å². The summed E-state index contributed by atoms with van der Waals surface area (Å²) in [5.41, 5.74) is 9.22. The van der Waals surface area contributed by atoms with E-state index in [9.17, 15) is 0 Å². The lowest BCUT2D eigenvalue weighted by Crippen LogP contribution is -2.13. The number of rotatable bonds is 5. The molecule has 0 spiro atoms. The number of fused-ring (bicyclic) bond motifs is 8. The van der Waals surface area contributed by atoms with Crippen LogP contribution in [0.2, 0.25) is 0 Å². The molecule has 2 nitrogen and oxygen atoms in total. The van der Waals surface area contributed by atoms with Crippen LogP contribution >= 0.6 is 0 Å². The summed E-state index contributed by atoms with van der Waals surface area (Å²) in [6.45, 7) is 0. The summed E-state index contributed by atoms with van der Waals surface area (Å²) in [4.78, 5) is 2.47. The Labute approximate surface area is 290 Å². The van der Waals surface area contributed by atoms with Gasteiger partial charge in [-0.15, -0.1) is 0 Å². The number of para-hydroxylation sites is 4. The summed E-state index contributed by atoms with van der Waals surface area (Å²) in [6.07, 6.45) is 0. The van der Waals surface area contributed by atoms with Crippen molar-refractivity contribution in [2.45, 2.75) is 0 Å². The fourth-order valence-electron chi connectivity index (χ4n) is 7.91. The second-order valence-corrected chi connectivity index (χ2v) is 12.9. The molecule has 50 heavy (non-hydrogen) atoms. The zero-order chi connectivity index (χ0) is 33.0. The van der Waals surface area contributed by atoms with Crippen LogP contribution in [0.5, 0.6) is 0 Å². The number of hydrogen-bond acceptors (Lipinski definition) is 1. The molecule has 234 valence electrons. The van der Waals surface area contributed by atoms with Gasteiger partial charge in [-0.2, -0.15) is 0 Å². The summed E-state index contributed by atoms with van der Waals surface area (Å²) in [5, 5.41) is 10.00. The molecule has 1 heterocycles. The molecule has 9 aromatic carbocycles. The Hall–Kier alpha value is -6.64. The molecule has 2 heteroatoms. The highest BCUT2D eigenvalue weighted by Crippen LogP contribution is 2.47. The highest BCUT2D eigenvalue weighted by Gasteiger charge is 2.23. The van der Waals surface area contributed by atoms with E-state index in [4.69, 9.17) is 0 Å². The van der Waals surface area contributed by atoms with E-state index in [0.29, 0.717) is 0 Å². The average Bonchev–Trinajstić information content (AvgIpc) is 3.54. The van der Waals surface area contributed by atoms with Crippen LogP contribution in [-0.2, 0) is 0 Å². The monoisotopic (exact) mass is 636 g/mol. The zero-order valence-corrected chi connectivity index (χ0v) is 27.4. The molecule has 10 aromatic rings. The van der Waals surface area contributed by atoms with Crippen LogP contribution in [0.25, 0.3) is 70.9 Å². The molecule has 0 aliphatic heterocycles. The molecule has 0 saturated carbocycles. The first-order valence-electron chi connectivity index (χ1n) is 17.2. The highest BCUT2D eigenvalue weighted by atomic mass is 15.2. The van der Waals surface area contributed by atoms with Gasteiger partial charge < -0.3 is 9.47 Å². The molecule has 0 amide bonds. The van der Waals surface area contributed by atoms with Gasteiger partial charge >= 0.3 is 0 Å². The quantitative estimate of drug-likeness (QED) is 0.171. The first-order chi connectivity index (χ1) is 24.8. The van der Waals surface area contributed by atoms with Crippen LogP contribution in [0.1, 0.15) is 0 Å². The van der Waals surface area contributed by atoms with Crippen molar-refractivity contribution in [2.75, 3.05) is 4.90 Å². The van der Waals surface area contributed by atoms with Gasteiger partial charge in [-0.1, -0.05) is 152 Å². The Morgan fingerprint density at radius 3 is 1.80 bits per heavy atom. The SMILES string of the molecule is c1ccc(-c2ccccc2N(c2ccc3ccc4c5ccccc5ccc4c3c2)c2cccc3c4ccccc4n(-c4ccccc4)c23)cc1. The van der Waals surface area contributed by atoms with E-state index < -0.39 is 0 Å². The largest absolute Gasteiger partial charge is 0.308 e. The van der Waals surface area contributed by atoms with E-state index in [-0.39, 0.29) is 0 Å². The molecule has 0 bridgehead atoms. The molecule has 1 aromatic heterocycles. The van der Waals surface area contributed by atoms with Crippen molar-refractivity contribution in [1.29, 1.82) is 0 Å². The maximum Gasteiger partial charge on any atom is 0.0782 e. The second-order valence-electron chi connectivity index (χ2n) is 12.9. The summed E-state index contributed by atoms with van der Waals surface area (Å²) < 4.78 is 2.43. The van der Waals surface area contributed by atoms with Crippen molar-refractivity contribution < 1.29 is 0 Å². The van der Waals surface area contributed by atoms with E-state index in [2.05, 4.69) is 204 Å². The van der Waals surface area contributed by atoms with Crippen molar-refractivity contribution >= 4 is 71.2 Å². The third kappa shape index (κ3) is 4.43. The molecular weight excluding hydrogens is 605 g/mol. The number of benzene rings is 9. The van der Waals surface area contributed by atoms with Gasteiger partial charge in [0.15, 0.2) is 0 Å². The van der Waals surface area contributed by atoms with Gasteiger partial charge in [-0.25, -0.2) is 0 Å². The maximum atomic E-state index is 2.47. The average molecular weight is 637 g/mol. The van der Waals surface area contributed by atoms with Crippen molar-refractivity contribution in [2.24, 2.45) is 0 Å². The van der Waals surface area contributed by atoms with E-state index in [1.165, 1.54) is 65.3 Å². The summed E-state index contributed by atoms with van der Waals surface area (Å²) >= 11 is 0. The summed E-state index contributed by atoms with van der Waals surface area (Å²) in [7, 11) is 0. The van der Waals surface area contributed by atoms with Gasteiger partial charge in [-0.05, 0) is 80.3 Å². The fraction of sp³-hybridized carbons (Fsp3) is 0. The minimum atomic E-state index is 1.11. The Kier molecular flexibility index (Phi) is 6.53. The van der Waals surface area contributed by atoms with Crippen molar-refractivity contribution in [3.8, 4) is 16.8 Å². The van der Waals surface area contributed by atoms with E-state index in [1.807, 2.05) is 0 Å². The molecule has 0 unspecified atom stereocenters. The Morgan fingerprint density at radius 1 is 0.360 bits per heavy atom. The molecule has 0 saturated heterocycles. The molecule has 0 fully saturated rings. The number of anilines is 3. The lowest BCUT2D eigenvalue weighted by atomic mass is 9.96. The van der Waals surface area contributed by atoms with Crippen molar-refractivity contribution in [3.05, 3.63) is 194 Å². The second kappa shape index (κ2) is 11.5. The summed E-state index contributed by atoms with van der Waals surface area (Å²) in [6, 6.07) is 70.5. The Bertz CT molecular complexity index is 2870. The fourth-order valence-corrected chi connectivity index (χ4v) is 7.91. The number of hydrogen-bond donors (Lipinski definition) is 0. The Morgan fingerprint density at radius 2 is 0.960 bits per heavy atom. The van der Waals surface area contributed by atoms with E-state index in [1.54, 1.807) is 0 Å². The van der Waals surface area contributed by atoms with Crippen molar-refractivity contribution in [3.63, 3.8) is 0 Å². The zero-order valence-electron chi connectivity index (χ0n) is 27.4. The standard InChI is InChI=1S/C48H32N2/c1-3-14-33(15-4-1)39-20-9-11-23-45(39)49(37-29-26-35-28-30-40-38-19-8-7-16-34(38)27-31-41(40)44(35)32-37)47-25-13-22-43-42-21-10-12-24-46(42)50(48(43)47)36-17-5-2-6-18-36/h1-32H. The highest BCUT2D eigenvalue weighted by molar-refractivity contribution is 6.19. The predicted octanol–water partition coefficient (Wildman–Crippen LogP) is 13.4. The first kappa shape index (κ1) is 28.4. The van der Waals surface area contributed by atoms with Crippen LogP contribution < -0.4 is 4.90 Å². The van der Waals surface area contributed by atoms with Gasteiger partial charge in [0.05, 0.1) is 22.4 Å². The first-order valence-corrected chi connectivity index (χ1v) is 17.2. The third-order valence-corrected chi connectivity index (χ3v) is 10.1. The van der Waals surface area contributed by atoms with Gasteiger partial charge in [0.1, 0.15) is 0 Å². The van der Waals surface area contributed by atoms with E-state index in [0.717, 1.165) is 22.7 Å². The molecular formula is C48H32N2. The van der Waals surface area contributed by atoms with E-state index >= 15 is 0 Å². The molecule has 0 aliphatic rings. The van der Waals surface area contributed by atoms with Crippen molar-refractivity contribution in [1.82, 2.24) is 4.57 Å². The minimum Gasteiger partial charge on any atom is -0.308 e. The van der Waals surface area contributed by atoms with Gasteiger partial charge in [0, 0.05) is 27.7 Å². The smallest absolute Gasteiger partial charge is 0.0782 e. The Balaban J connectivity index is 1.32. The topological polar surface area (TPSA) is 8.17 Å². The van der Waals surface area contributed by atoms with Crippen LogP contribution in [0.3, 0.4) is 0 Å². The third-order valence-electron chi connectivity index (χ3n) is 10.1. The summed E-state index contributed by atoms with van der Waals surface area (Å²) in [5.74, 6) is 0. The number of aromatic nitrogens is 1. The normalized spacial score (nSPS) is 11.6. The lowest BCUT2D eigenvalue weighted by molar-refractivity contribution is 1.17. The van der Waals surface area contributed by atoms with Gasteiger partial charge in [-0.3, -0.25) is 0 Å². The molecule has 0 N–H and O–H groups in total. The lowest BCUT2D eigenvalue weighted by Gasteiger charge is -2.29. The number of nitrogens with zero attached hydrogens (tertiary/aromatic N) is 2. The van der Waals surface area contributed by atoms with Crippen LogP contribution in [-0.4, -0.2) is 4.57 Å². The van der Waals surface area contributed by atoms with Crippen LogP contribution in [0.15, 0.2) is 194 Å². The minimum absolute atomic E-state index is 1.11. The van der Waals surface area contributed by atoms with Crippen LogP contribution in [0, 0.1) is 0 Å². The predicted molar refractivity (Wildman–Crippen MR) is 213 cm³/mol. The maximum absolute atomic E-state index is 2.47. The molecule has 0 radical (unpaired) electrons. The molecule has 10 rings (SSSR count). The molecule has 0 atom stereocenters. The molecule has 0 aliphatic carbocycles. The van der Waals surface area contributed by atoms with Gasteiger partial charge in [0.2, 0.25) is 0 Å².